The number of aromatic nitrogens is 2. The molecule has 2 aromatic carbocycles. The maximum absolute atomic E-state index is 13.5. The first-order valence-electron chi connectivity index (χ1n) is 8.83. The van der Waals surface area contributed by atoms with E-state index < -0.39 is 0 Å². The lowest BCUT2D eigenvalue weighted by Gasteiger charge is -2.17. The second kappa shape index (κ2) is 7.70. The molecule has 0 radical (unpaired) electrons. The number of amides is 1. The monoisotopic (exact) mass is 366 g/mol. The molecule has 140 valence electrons. The highest BCUT2D eigenvalue weighted by Crippen LogP contribution is 2.22. The van der Waals surface area contributed by atoms with Crippen LogP contribution in [-0.4, -0.2) is 15.9 Å². The molecule has 6 heteroatoms. The molecule has 1 amide bonds. The van der Waals surface area contributed by atoms with Crippen LogP contribution in [0.1, 0.15) is 32.8 Å². The SMILES string of the molecule is CC(C)(C)CC(=O)Nc1ccc(CNc2ncnc3ccc(F)cc23)cc1. The Labute approximate surface area is 158 Å². The van der Waals surface area contributed by atoms with Gasteiger partial charge in [-0.1, -0.05) is 32.9 Å². The van der Waals surface area contributed by atoms with Gasteiger partial charge in [0.15, 0.2) is 0 Å². The van der Waals surface area contributed by atoms with Crippen LogP contribution in [0.3, 0.4) is 0 Å². The van der Waals surface area contributed by atoms with Crippen LogP contribution in [0.15, 0.2) is 48.8 Å². The number of carbonyl (C=O) groups excluding carboxylic acids is 1. The third-order valence-corrected chi connectivity index (χ3v) is 3.99. The van der Waals surface area contributed by atoms with E-state index in [0.717, 1.165) is 11.3 Å². The Morgan fingerprint density at radius 1 is 1.07 bits per heavy atom. The number of carbonyl (C=O) groups is 1. The minimum absolute atomic E-state index is 0.00265. The second-order valence-corrected chi connectivity index (χ2v) is 7.72. The molecular weight excluding hydrogens is 343 g/mol. The molecule has 3 aromatic rings. The smallest absolute Gasteiger partial charge is 0.224 e. The van der Waals surface area contributed by atoms with Gasteiger partial charge in [-0.15, -0.1) is 0 Å². The molecule has 0 aliphatic carbocycles. The number of halogens is 1. The molecule has 27 heavy (non-hydrogen) atoms. The molecule has 1 aromatic heterocycles. The van der Waals surface area contributed by atoms with Gasteiger partial charge in [0.25, 0.3) is 0 Å². The Balaban J connectivity index is 1.64. The second-order valence-electron chi connectivity index (χ2n) is 7.72. The highest BCUT2D eigenvalue weighted by molar-refractivity contribution is 5.91. The van der Waals surface area contributed by atoms with Crippen LogP contribution < -0.4 is 10.6 Å². The normalized spacial score (nSPS) is 11.4. The van der Waals surface area contributed by atoms with Crippen molar-refractivity contribution in [1.29, 1.82) is 0 Å². The summed E-state index contributed by atoms with van der Waals surface area (Å²) < 4.78 is 13.5. The third kappa shape index (κ3) is 5.23. The zero-order chi connectivity index (χ0) is 19.4. The predicted octanol–water partition coefficient (Wildman–Crippen LogP) is 4.76. The molecule has 0 atom stereocenters. The van der Waals surface area contributed by atoms with Gasteiger partial charge in [0.05, 0.1) is 5.52 Å². The summed E-state index contributed by atoms with van der Waals surface area (Å²) in [5.74, 6) is 0.264. The lowest BCUT2D eigenvalue weighted by molar-refractivity contribution is -0.117. The van der Waals surface area contributed by atoms with E-state index in [9.17, 15) is 9.18 Å². The third-order valence-electron chi connectivity index (χ3n) is 3.99. The number of anilines is 2. The van der Waals surface area contributed by atoms with Crippen LogP contribution >= 0.6 is 0 Å². The summed E-state index contributed by atoms with van der Waals surface area (Å²) in [5.41, 5.74) is 2.42. The van der Waals surface area contributed by atoms with Crippen LogP contribution in [0.25, 0.3) is 10.9 Å². The Hall–Kier alpha value is -3.02. The van der Waals surface area contributed by atoms with E-state index in [1.54, 1.807) is 6.07 Å². The molecule has 1 heterocycles. The van der Waals surface area contributed by atoms with Gasteiger partial charge in [-0.25, -0.2) is 14.4 Å². The molecule has 0 spiro atoms. The van der Waals surface area contributed by atoms with Crippen molar-refractivity contribution in [3.63, 3.8) is 0 Å². The van der Waals surface area contributed by atoms with Crippen LogP contribution in [0.5, 0.6) is 0 Å². The van der Waals surface area contributed by atoms with Crippen molar-refractivity contribution in [2.24, 2.45) is 5.41 Å². The first kappa shape index (κ1) is 18.8. The van der Waals surface area contributed by atoms with Gasteiger partial charge in [-0.2, -0.15) is 0 Å². The number of benzene rings is 2. The molecular formula is C21H23FN4O. The molecule has 0 unspecified atom stereocenters. The summed E-state index contributed by atoms with van der Waals surface area (Å²) >= 11 is 0. The number of nitrogens with one attached hydrogen (secondary N) is 2. The number of hydrogen-bond acceptors (Lipinski definition) is 4. The average molecular weight is 366 g/mol. The predicted molar refractivity (Wildman–Crippen MR) is 106 cm³/mol. The van der Waals surface area contributed by atoms with Crippen molar-refractivity contribution in [2.45, 2.75) is 33.7 Å². The van der Waals surface area contributed by atoms with Crippen LogP contribution in [-0.2, 0) is 11.3 Å². The number of nitrogens with zero attached hydrogens (tertiary/aromatic N) is 2. The van der Waals surface area contributed by atoms with E-state index in [2.05, 4.69) is 20.6 Å². The Morgan fingerprint density at radius 2 is 1.81 bits per heavy atom. The molecule has 0 saturated heterocycles. The van der Waals surface area contributed by atoms with E-state index >= 15 is 0 Å². The maximum Gasteiger partial charge on any atom is 0.224 e. The number of rotatable bonds is 5. The van der Waals surface area contributed by atoms with Gasteiger partial charge < -0.3 is 10.6 Å². The highest BCUT2D eigenvalue weighted by Gasteiger charge is 2.15. The fourth-order valence-corrected chi connectivity index (χ4v) is 2.75. The first-order valence-corrected chi connectivity index (χ1v) is 8.83. The summed E-state index contributed by atoms with van der Waals surface area (Å²) in [5, 5.41) is 6.77. The summed E-state index contributed by atoms with van der Waals surface area (Å²) in [6, 6.07) is 12.0. The molecule has 0 aliphatic heterocycles. The standard InChI is InChI=1S/C21H23FN4O/c1-21(2,3)11-19(27)26-16-7-4-14(5-8-16)12-23-20-17-10-15(22)6-9-18(17)24-13-25-20/h4-10,13H,11-12H2,1-3H3,(H,26,27)(H,23,24,25). The lowest BCUT2D eigenvalue weighted by atomic mass is 9.92. The Kier molecular flexibility index (Phi) is 5.35. The highest BCUT2D eigenvalue weighted by atomic mass is 19.1. The fraction of sp³-hybridized carbons (Fsp3) is 0.286. The zero-order valence-electron chi connectivity index (χ0n) is 15.7. The molecule has 5 nitrogen and oxygen atoms in total. The van der Waals surface area contributed by atoms with Gasteiger partial charge in [-0.05, 0) is 41.3 Å². The molecule has 3 rings (SSSR count). The summed E-state index contributed by atoms with van der Waals surface area (Å²) in [6.07, 6.45) is 1.92. The maximum atomic E-state index is 13.5. The fourth-order valence-electron chi connectivity index (χ4n) is 2.75. The van der Waals surface area contributed by atoms with Crippen molar-refractivity contribution in [3.8, 4) is 0 Å². The van der Waals surface area contributed by atoms with Crippen LogP contribution in [0, 0.1) is 11.2 Å². The molecule has 2 N–H and O–H groups in total. The number of fused-ring (bicyclic) bond motifs is 1. The van der Waals surface area contributed by atoms with E-state index in [1.807, 2.05) is 45.0 Å². The topological polar surface area (TPSA) is 66.9 Å². The van der Waals surface area contributed by atoms with Crippen molar-refractivity contribution >= 4 is 28.3 Å². The van der Waals surface area contributed by atoms with Gasteiger partial charge >= 0.3 is 0 Å². The lowest BCUT2D eigenvalue weighted by Crippen LogP contribution is -2.19. The summed E-state index contributed by atoms with van der Waals surface area (Å²) in [4.78, 5) is 20.4. The molecule has 0 saturated carbocycles. The van der Waals surface area contributed by atoms with E-state index in [-0.39, 0.29) is 17.1 Å². The Bertz CT molecular complexity index is 949. The van der Waals surface area contributed by atoms with Gasteiger partial charge in [0, 0.05) is 24.0 Å². The quantitative estimate of drug-likeness (QED) is 0.683. The minimum Gasteiger partial charge on any atom is -0.365 e. The van der Waals surface area contributed by atoms with Crippen molar-refractivity contribution in [2.75, 3.05) is 10.6 Å². The zero-order valence-corrected chi connectivity index (χ0v) is 15.7. The van der Waals surface area contributed by atoms with Crippen LogP contribution in [0.4, 0.5) is 15.9 Å². The summed E-state index contributed by atoms with van der Waals surface area (Å²) in [7, 11) is 0. The van der Waals surface area contributed by atoms with Crippen molar-refractivity contribution < 1.29 is 9.18 Å². The van der Waals surface area contributed by atoms with Crippen LogP contribution in [0.2, 0.25) is 0 Å². The average Bonchev–Trinajstić information content (AvgIpc) is 2.59. The van der Waals surface area contributed by atoms with E-state index in [1.165, 1.54) is 18.5 Å². The van der Waals surface area contributed by atoms with Gasteiger partial charge in [0.1, 0.15) is 18.0 Å². The minimum atomic E-state index is -0.323. The van der Waals surface area contributed by atoms with Gasteiger partial charge in [-0.3, -0.25) is 4.79 Å². The summed E-state index contributed by atoms with van der Waals surface area (Å²) in [6.45, 7) is 6.62. The largest absolute Gasteiger partial charge is 0.365 e. The number of hydrogen-bond donors (Lipinski definition) is 2. The van der Waals surface area contributed by atoms with Crippen molar-refractivity contribution in [1.82, 2.24) is 9.97 Å². The van der Waals surface area contributed by atoms with Crippen molar-refractivity contribution in [3.05, 3.63) is 60.2 Å². The first-order chi connectivity index (χ1) is 12.8. The Morgan fingerprint density at radius 3 is 2.52 bits per heavy atom. The molecule has 0 aliphatic rings. The molecule has 0 bridgehead atoms. The van der Waals surface area contributed by atoms with Gasteiger partial charge in [0.2, 0.25) is 5.91 Å². The van der Waals surface area contributed by atoms with E-state index in [0.29, 0.717) is 29.7 Å². The van der Waals surface area contributed by atoms with E-state index in [4.69, 9.17) is 0 Å². The molecule has 0 fully saturated rings.